The van der Waals surface area contributed by atoms with E-state index < -0.39 is 85.5 Å². The summed E-state index contributed by atoms with van der Waals surface area (Å²) in [5.74, 6) is -1.03. The van der Waals surface area contributed by atoms with Gasteiger partial charge >= 0.3 is 27.6 Å². The summed E-state index contributed by atoms with van der Waals surface area (Å²) in [6, 6.07) is 0. The standard InChI is InChI=1S/C45H78O15P2/c1-3-5-7-9-11-13-15-17-19-21-23-25-27-29-31-33-44(49)55-35-41(46)37-57-61(51,52)59-39-43(48)40-60-62(53,54)58-38-42(47)36-56-45(50)34-32-30-28-26-24-22-20-18-16-14-12-10-8-6-4-2/h5,7,9,11-19,41-43,46-48H,3-4,6,8,10,20-40H2,1-2H3,(H,51,52)(H,53,54)/b7-5+,11-9+,14-12+,15-13+,18-16+,19-17-. The molecule has 0 aromatic rings. The van der Waals surface area contributed by atoms with Gasteiger partial charge in [-0.25, -0.2) is 9.13 Å². The van der Waals surface area contributed by atoms with Gasteiger partial charge in [-0.1, -0.05) is 145 Å². The Kier molecular flexibility index (Phi) is 39.5. The van der Waals surface area contributed by atoms with Crippen molar-refractivity contribution in [3.63, 3.8) is 0 Å². The molecule has 0 rings (SSSR count). The summed E-state index contributed by atoms with van der Waals surface area (Å²) >= 11 is 0. The lowest BCUT2D eigenvalue weighted by atomic mass is 10.1. The minimum absolute atomic E-state index is 0.167. The normalized spacial score (nSPS) is 15.9. The summed E-state index contributed by atoms with van der Waals surface area (Å²) in [7, 11) is -9.58. The first-order valence-electron chi connectivity index (χ1n) is 22.4. The molecular formula is C45H78O15P2. The summed E-state index contributed by atoms with van der Waals surface area (Å²) in [6.45, 7) is 0.178. The van der Waals surface area contributed by atoms with E-state index in [1.165, 1.54) is 19.3 Å². The highest BCUT2D eigenvalue weighted by Crippen LogP contribution is 2.45. The van der Waals surface area contributed by atoms with Crippen molar-refractivity contribution >= 4 is 27.6 Å². The quantitative estimate of drug-likeness (QED) is 0.0166. The molecule has 0 saturated heterocycles. The lowest BCUT2D eigenvalue weighted by Crippen LogP contribution is -2.25. The van der Waals surface area contributed by atoms with Gasteiger partial charge in [-0.05, 0) is 57.8 Å². The van der Waals surface area contributed by atoms with Gasteiger partial charge in [-0.2, -0.15) is 0 Å². The maximum absolute atomic E-state index is 12.1. The summed E-state index contributed by atoms with van der Waals surface area (Å²) in [5.41, 5.74) is 0. The third-order valence-electron chi connectivity index (χ3n) is 8.77. The van der Waals surface area contributed by atoms with Crippen molar-refractivity contribution in [3.8, 4) is 0 Å². The van der Waals surface area contributed by atoms with E-state index in [0.717, 1.165) is 83.5 Å². The van der Waals surface area contributed by atoms with Gasteiger partial charge in [0, 0.05) is 12.8 Å². The van der Waals surface area contributed by atoms with Crippen molar-refractivity contribution in [3.05, 3.63) is 72.9 Å². The van der Waals surface area contributed by atoms with E-state index in [0.29, 0.717) is 12.8 Å². The van der Waals surface area contributed by atoms with Gasteiger partial charge in [0.05, 0.1) is 26.4 Å². The van der Waals surface area contributed by atoms with Gasteiger partial charge in [0.1, 0.15) is 31.5 Å². The van der Waals surface area contributed by atoms with Gasteiger partial charge in [0.25, 0.3) is 0 Å². The van der Waals surface area contributed by atoms with Crippen molar-refractivity contribution in [1.29, 1.82) is 0 Å². The molecule has 5 N–H and O–H groups in total. The van der Waals surface area contributed by atoms with Crippen LogP contribution in [0.4, 0.5) is 0 Å². The van der Waals surface area contributed by atoms with Crippen LogP contribution in [0.5, 0.6) is 0 Å². The number of phosphoric ester groups is 2. The van der Waals surface area contributed by atoms with Crippen LogP contribution >= 0.6 is 15.6 Å². The molecular weight excluding hydrogens is 842 g/mol. The van der Waals surface area contributed by atoms with E-state index >= 15 is 0 Å². The van der Waals surface area contributed by atoms with Crippen molar-refractivity contribution in [2.45, 2.75) is 161 Å². The fraction of sp³-hybridized carbons (Fsp3) is 0.689. The molecule has 5 unspecified atom stereocenters. The molecule has 0 amide bonds. The van der Waals surface area contributed by atoms with Gasteiger partial charge in [0.15, 0.2) is 0 Å². The zero-order chi connectivity index (χ0) is 46.0. The average Bonchev–Trinajstić information content (AvgIpc) is 3.24. The average molecular weight is 921 g/mol. The zero-order valence-corrected chi connectivity index (χ0v) is 39.0. The Labute approximate surface area is 371 Å². The summed E-state index contributed by atoms with van der Waals surface area (Å²) < 4.78 is 52.9. The van der Waals surface area contributed by atoms with Crippen LogP contribution in [-0.2, 0) is 46.3 Å². The van der Waals surface area contributed by atoms with Gasteiger partial charge in [0.2, 0.25) is 0 Å². The van der Waals surface area contributed by atoms with Crippen LogP contribution in [0, 0.1) is 0 Å². The Bertz CT molecular complexity index is 1390. The largest absolute Gasteiger partial charge is 0.472 e. The smallest absolute Gasteiger partial charge is 0.463 e. The first-order valence-corrected chi connectivity index (χ1v) is 25.3. The SMILES string of the molecule is CC/C=C/C=C/C=C/C=C\CCCCCCCC(=O)OCC(O)COP(=O)(O)OCC(O)COP(=O)(O)OCC(O)COC(=O)CCCCCCCC/C=C/C=C/CCCCC. The zero-order valence-electron chi connectivity index (χ0n) is 37.3. The number of aliphatic hydroxyl groups is 3. The number of ether oxygens (including phenoxy) is 2. The van der Waals surface area contributed by atoms with Crippen LogP contribution in [0.2, 0.25) is 0 Å². The maximum atomic E-state index is 12.1. The first kappa shape index (κ1) is 59.5. The Morgan fingerprint density at radius 2 is 0.742 bits per heavy atom. The third kappa shape index (κ3) is 42.8. The monoisotopic (exact) mass is 920 g/mol. The third-order valence-corrected chi connectivity index (χ3v) is 10.7. The Morgan fingerprint density at radius 1 is 0.435 bits per heavy atom. The molecule has 358 valence electrons. The maximum Gasteiger partial charge on any atom is 0.472 e. The highest BCUT2D eigenvalue weighted by atomic mass is 31.2. The molecule has 0 fully saturated rings. The molecule has 0 aliphatic carbocycles. The molecule has 62 heavy (non-hydrogen) atoms. The van der Waals surface area contributed by atoms with Crippen molar-refractivity contribution in [2.75, 3.05) is 39.6 Å². The number of aliphatic hydroxyl groups excluding tert-OH is 3. The van der Waals surface area contributed by atoms with E-state index in [9.17, 15) is 43.8 Å². The van der Waals surface area contributed by atoms with E-state index in [4.69, 9.17) is 9.47 Å². The molecule has 15 nitrogen and oxygen atoms in total. The Hall–Kier alpha value is -2.52. The molecule has 0 aromatic carbocycles. The molecule has 0 radical (unpaired) electrons. The number of esters is 2. The Morgan fingerprint density at radius 3 is 1.13 bits per heavy atom. The molecule has 0 bridgehead atoms. The summed E-state index contributed by atoms with van der Waals surface area (Å²) in [4.78, 5) is 43.7. The predicted molar refractivity (Wildman–Crippen MR) is 242 cm³/mol. The van der Waals surface area contributed by atoms with Crippen molar-refractivity contribution in [1.82, 2.24) is 0 Å². The fourth-order valence-electron chi connectivity index (χ4n) is 5.27. The Balaban J connectivity index is 3.96. The first-order chi connectivity index (χ1) is 29.8. The minimum atomic E-state index is -4.79. The number of phosphoric acid groups is 2. The van der Waals surface area contributed by atoms with E-state index in [-0.39, 0.29) is 12.8 Å². The number of carbonyl (C=O) groups is 2. The second-order valence-electron chi connectivity index (χ2n) is 14.8. The fourth-order valence-corrected chi connectivity index (χ4v) is 6.86. The van der Waals surface area contributed by atoms with Crippen molar-refractivity contribution < 1.29 is 71.4 Å². The number of hydrogen-bond donors (Lipinski definition) is 5. The van der Waals surface area contributed by atoms with Crippen LogP contribution in [-0.4, -0.2) is 95.0 Å². The molecule has 17 heteroatoms. The van der Waals surface area contributed by atoms with E-state index in [2.05, 4.69) is 68.4 Å². The summed E-state index contributed by atoms with van der Waals surface area (Å²) in [5, 5.41) is 30.0. The predicted octanol–water partition coefficient (Wildman–Crippen LogP) is 9.60. The van der Waals surface area contributed by atoms with Gasteiger partial charge < -0.3 is 34.6 Å². The molecule has 0 aromatic heterocycles. The van der Waals surface area contributed by atoms with E-state index in [1.807, 2.05) is 36.5 Å². The number of hydrogen-bond acceptors (Lipinski definition) is 13. The number of unbranched alkanes of at least 4 members (excludes halogenated alkanes) is 14. The molecule has 0 aliphatic rings. The second-order valence-corrected chi connectivity index (χ2v) is 17.7. The number of carbonyl (C=O) groups excluding carboxylic acids is 2. The topological polar surface area (TPSA) is 225 Å². The molecule has 0 heterocycles. The molecule has 5 atom stereocenters. The van der Waals surface area contributed by atoms with Crippen LogP contribution in [0.25, 0.3) is 0 Å². The molecule has 0 aliphatic heterocycles. The lowest BCUT2D eigenvalue weighted by Gasteiger charge is -2.19. The highest BCUT2D eigenvalue weighted by Gasteiger charge is 2.28. The molecule has 0 spiro atoms. The highest BCUT2D eigenvalue weighted by molar-refractivity contribution is 7.47. The number of allylic oxidation sites excluding steroid dienone is 12. The van der Waals surface area contributed by atoms with Crippen molar-refractivity contribution in [2.24, 2.45) is 0 Å². The molecule has 0 saturated carbocycles. The summed E-state index contributed by atoms with van der Waals surface area (Å²) in [6.07, 6.45) is 38.9. The second kappa shape index (κ2) is 41.2. The van der Waals surface area contributed by atoms with Crippen LogP contribution in [0.3, 0.4) is 0 Å². The van der Waals surface area contributed by atoms with Gasteiger partial charge in [-0.3, -0.25) is 27.7 Å². The number of rotatable bonds is 42. The van der Waals surface area contributed by atoms with Crippen LogP contribution < -0.4 is 0 Å². The van der Waals surface area contributed by atoms with Crippen LogP contribution in [0.15, 0.2) is 72.9 Å². The van der Waals surface area contributed by atoms with Crippen LogP contribution in [0.1, 0.15) is 142 Å². The lowest BCUT2D eigenvalue weighted by molar-refractivity contribution is -0.148. The minimum Gasteiger partial charge on any atom is -0.463 e. The van der Waals surface area contributed by atoms with Gasteiger partial charge in [-0.15, -0.1) is 0 Å². The van der Waals surface area contributed by atoms with E-state index in [1.54, 1.807) is 0 Å².